The maximum atomic E-state index is 11.5. The highest BCUT2D eigenvalue weighted by atomic mass is 16.5. The van der Waals surface area contributed by atoms with Crippen molar-refractivity contribution in [3.05, 3.63) is 0 Å². The van der Waals surface area contributed by atoms with Crippen molar-refractivity contribution >= 4 is 5.97 Å². The molecule has 0 saturated heterocycles. The van der Waals surface area contributed by atoms with Gasteiger partial charge in [0.2, 0.25) is 0 Å². The summed E-state index contributed by atoms with van der Waals surface area (Å²) in [6.07, 6.45) is 14.2. The Labute approximate surface area is 126 Å². The summed E-state index contributed by atoms with van der Waals surface area (Å²) in [7, 11) is 0. The van der Waals surface area contributed by atoms with Gasteiger partial charge in [-0.15, -0.1) is 0 Å². The summed E-state index contributed by atoms with van der Waals surface area (Å²) in [6.45, 7) is 7.32. The molecule has 0 aliphatic heterocycles. The van der Waals surface area contributed by atoms with Crippen LogP contribution in [0.15, 0.2) is 0 Å². The molecule has 120 valence electrons. The van der Waals surface area contributed by atoms with Crippen molar-refractivity contribution in [1.29, 1.82) is 0 Å². The Morgan fingerprint density at radius 3 is 2.05 bits per heavy atom. The molecule has 0 spiro atoms. The number of carbonyl (C=O) groups is 1. The van der Waals surface area contributed by atoms with Crippen molar-refractivity contribution in [2.75, 3.05) is 6.61 Å². The van der Waals surface area contributed by atoms with E-state index in [-0.39, 0.29) is 5.97 Å². The third-order valence-electron chi connectivity index (χ3n) is 3.67. The largest absolute Gasteiger partial charge is 0.466 e. The molecule has 0 saturated carbocycles. The SMILES string of the molecule is CCCCCCCCCCC(=O)OCCCCC(C)C. The molecule has 2 nitrogen and oxygen atoms in total. The summed E-state index contributed by atoms with van der Waals surface area (Å²) < 4.78 is 5.24. The average molecular weight is 284 g/mol. The van der Waals surface area contributed by atoms with E-state index in [1.54, 1.807) is 0 Å². The number of unbranched alkanes of at least 4 members (excludes halogenated alkanes) is 8. The van der Waals surface area contributed by atoms with Gasteiger partial charge >= 0.3 is 5.97 Å². The summed E-state index contributed by atoms with van der Waals surface area (Å²) in [5.74, 6) is 0.753. The van der Waals surface area contributed by atoms with Crippen LogP contribution in [0.1, 0.15) is 97.8 Å². The predicted molar refractivity (Wildman–Crippen MR) is 86.9 cm³/mol. The zero-order valence-corrected chi connectivity index (χ0v) is 14.1. The van der Waals surface area contributed by atoms with Crippen LogP contribution in [0.5, 0.6) is 0 Å². The first kappa shape index (κ1) is 19.5. The van der Waals surface area contributed by atoms with Gasteiger partial charge in [0.15, 0.2) is 0 Å². The lowest BCUT2D eigenvalue weighted by Gasteiger charge is -2.06. The molecule has 0 radical (unpaired) electrons. The first-order chi connectivity index (χ1) is 9.66. The van der Waals surface area contributed by atoms with Crippen molar-refractivity contribution in [3.63, 3.8) is 0 Å². The number of hydrogen-bond acceptors (Lipinski definition) is 2. The fourth-order valence-electron chi connectivity index (χ4n) is 2.32. The highest BCUT2D eigenvalue weighted by Crippen LogP contribution is 2.10. The Morgan fingerprint density at radius 1 is 0.850 bits per heavy atom. The zero-order valence-electron chi connectivity index (χ0n) is 14.1. The third-order valence-corrected chi connectivity index (χ3v) is 3.67. The van der Waals surface area contributed by atoms with Crippen molar-refractivity contribution in [2.24, 2.45) is 5.92 Å². The fourth-order valence-corrected chi connectivity index (χ4v) is 2.32. The van der Waals surface area contributed by atoms with Gasteiger partial charge in [-0.1, -0.05) is 72.1 Å². The minimum absolute atomic E-state index is 0.000491. The Kier molecular flexibility index (Phi) is 14.5. The summed E-state index contributed by atoms with van der Waals surface area (Å²) >= 11 is 0. The van der Waals surface area contributed by atoms with Crippen LogP contribution < -0.4 is 0 Å². The molecule has 0 unspecified atom stereocenters. The second-order valence-electron chi connectivity index (χ2n) is 6.33. The minimum Gasteiger partial charge on any atom is -0.466 e. The van der Waals surface area contributed by atoms with Gasteiger partial charge in [-0.05, 0) is 25.2 Å². The first-order valence-corrected chi connectivity index (χ1v) is 8.82. The van der Waals surface area contributed by atoms with E-state index in [0.717, 1.165) is 18.8 Å². The van der Waals surface area contributed by atoms with Crippen LogP contribution in [0, 0.1) is 5.92 Å². The van der Waals surface area contributed by atoms with E-state index >= 15 is 0 Å². The molecule has 0 aromatic carbocycles. The third kappa shape index (κ3) is 15.5. The lowest BCUT2D eigenvalue weighted by atomic mass is 10.1. The number of hydrogen-bond donors (Lipinski definition) is 0. The minimum atomic E-state index is 0.000491. The van der Waals surface area contributed by atoms with Crippen LogP contribution in [-0.2, 0) is 9.53 Å². The number of rotatable bonds is 14. The van der Waals surface area contributed by atoms with E-state index in [4.69, 9.17) is 4.74 Å². The molecule has 0 aromatic heterocycles. The van der Waals surface area contributed by atoms with Gasteiger partial charge in [-0.2, -0.15) is 0 Å². The monoisotopic (exact) mass is 284 g/mol. The fraction of sp³-hybridized carbons (Fsp3) is 0.944. The van der Waals surface area contributed by atoms with E-state index in [1.807, 2.05) is 0 Å². The normalized spacial score (nSPS) is 11.0. The summed E-state index contributed by atoms with van der Waals surface area (Å²) in [6, 6.07) is 0. The second-order valence-corrected chi connectivity index (χ2v) is 6.33. The Morgan fingerprint density at radius 2 is 1.45 bits per heavy atom. The van der Waals surface area contributed by atoms with Crippen LogP contribution in [0.3, 0.4) is 0 Å². The topological polar surface area (TPSA) is 26.3 Å². The first-order valence-electron chi connectivity index (χ1n) is 8.82. The van der Waals surface area contributed by atoms with Gasteiger partial charge < -0.3 is 4.74 Å². The van der Waals surface area contributed by atoms with E-state index in [9.17, 15) is 4.79 Å². The van der Waals surface area contributed by atoms with Crippen molar-refractivity contribution in [1.82, 2.24) is 0 Å². The summed E-state index contributed by atoms with van der Waals surface area (Å²) in [5.41, 5.74) is 0. The summed E-state index contributed by atoms with van der Waals surface area (Å²) in [5, 5.41) is 0. The lowest BCUT2D eigenvalue weighted by molar-refractivity contribution is -0.143. The molecule has 0 bridgehead atoms. The van der Waals surface area contributed by atoms with Gasteiger partial charge in [0, 0.05) is 6.42 Å². The van der Waals surface area contributed by atoms with Gasteiger partial charge in [-0.25, -0.2) is 0 Å². The van der Waals surface area contributed by atoms with Crippen molar-refractivity contribution in [2.45, 2.75) is 97.8 Å². The number of esters is 1. The van der Waals surface area contributed by atoms with Crippen molar-refractivity contribution < 1.29 is 9.53 Å². The smallest absolute Gasteiger partial charge is 0.305 e. The zero-order chi connectivity index (χ0) is 15.1. The standard InChI is InChI=1S/C18H36O2/c1-4-5-6-7-8-9-10-11-15-18(19)20-16-13-12-14-17(2)3/h17H,4-16H2,1-3H3. The predicted octanol–water partition coefficient (Wildman–Crippen LogP) is 5.89. The van der Waals surface area contributed by atoms with E-state index < -0.39 is 0 Å². The molecule has 0 rings (SSSR count). The number of ether oxygens (including phenoxy) is 1. The van der Waals surface area contributed by atoms with E-state index in [2.05, 4.69) is 20.8 Å². The lowest BCUT2D eigenvalue weighted by Crippen LogP contribution is -2.05. The molecule has 0 N–H and O–H groups in total. The maximum Gasteiger partial charge on any atom is 0.305 e. The number of carbonyl (C=O) groups excluding carboxylic acids is 1. The van der Waals surface area contributed by atoms with Gasteiger partial charge in [0.25, 0.3) is 0 Å². The molecular weight excluding hydrogens is 248 g/mol. The van der Waals surface area contributed by atoms with Crippen LogP contribution in [0.2, 0.25) is 0 Å². The van der Waals surface area contributed by atoms with Gasteiger partial charge in [-0.3, -0.25) is 4.79 Å². The molecule has 0 heterocycles. The highest BCUT2D eigenvalue weighted by molar-refractivity contribution is 5.69. The summed E-state index contributed by atoms with van der Waals surface area (Å²) in [4.78, 5) is 11.5. The molecule has 0 aliphatic rings. The highest BCUT2D eigenvalue weighted by Gasteiger charge is 2.02. The van der Waals surface area contributed by atoms with Crippen molar-refractivity contribution in [3.8, 4) is 0 Å². The maximum absolute atomic E-state index is 11.5. The molecule has 0 amide bonds. The molecule has 20 heavy (non-hydrogen) atoms. The molecule has 0 fully saturated rings. The van der Waals surface area contributed by atoms with Crippen LogP contribution >= 0.6 is 0 Å². The Hall–Kier alpha value is -0.530. The van der Waals surface area contributed by atoms with Crippen LogP contribution in [0.25, 0.3) is 0 Å². The molecular formula is C18H36O2. The van der Waals surface area contributed by atoms with Gasteiger partial charge in [0.1, 0.15) is 0 Å². The van der Waals surface area contributed by atoms with E-state index in [1.165, 1.54) is 57.8 Å². The van der Waals surface area contributed by atoms with Crippen LogP contribution in [-0.4, -0.2) is 12.6 Å². The van der Waals surface area contributed by atoms with Gasteiger partial charge in [0.05, 0.1) is 6.61 Å². The molecule has 0 atom stereocenters. The molecule has 2 heteroatoms. The Bertz CT molecular complexity index is 211. The molecule has 0 aromatic rings. The Balaban J connectivity index is 3.16. The molecule has 0 aliphatic carbocycles. The van der Waals surface area contributed by atoms with E-state index in [0.29, 0.717) is 13.0 Å². The second kappa shape index (κ2) is 14.9. The average Bonchev–Trinajstić information content (AvgIpc) is 2.41. The quantitative estimate of drug-likeness (QED) is 0.294. The van der Waals surface area contributed by atoms with Crippen LogP contribution in [0.4, 0.5) is 0 Å².